The van der Waals surface area contributed by atoms with Crippen LogP contribution in [0.25, 0.3) is 95.0 Å². The van der Waals surface area contributed by atoms with Gasteiger partial charge in [-0.1, -0.05) is 109 Å². The van der Waals surface area contributed by atoms with Gasteiger partial charge in [0.2, 0.25) is 0 Å². The van der Waals surface area contributed by atoms with Gasteiger partial charge in [0.05, 0.1) is 11.0 Å². The van der Waals surface area contributed by atoms with E-state index in [9.17, 15) is 0 Å². The highest BCUT2D eigenvalue weighted by molar-refractivity contribution is 8.33. The average Bonchev–Trinajstić information content (AvgIpc) is 3.64. The Morgan fingerprint density at radius 2 is 0.962 bits per heavy atom. The summed E-state index contributed by atoms with van der Waals surface area (Å²) in [6, 6.07) is 57.1. The lowest BCUT2D eigenvalue weighted by atomic mass is 10.00. The molecule has 9 aromatic rings. The van der Waals surface area contributed by atoms with Crippen LogP contribution in [0.2, 0.25) is 0 Å². The Morgan fingerprint density at radius 3 is 1.77 bits per heavy atom. The number of hydrogen-bond acceptors (Lipinski definition) is 3. The third-order valence-corrected chi connectivity index (χ3v) is 13.7. The van der Waals surface area contributed by atoms with Gasteiger partial charge in [0, 0.05) is 42.9 Å². The fraction of sp³-hybridized carbons (Fsp3) is 0.0426. The molecule has 246 valence electrons. The normalized spacial score (nSPS) is 14.0. The smallest absolute Gasteiger partial charge is 0.164 e. The molecule has 0 atom stereocenters. The highest BCUT2D eigenvalue weighted by Crippen LogP contribution is 2.68. The molecule has 0 spiro atoms. The second kappa shape index (κ2) is 10.8. The molecular weight excluding hydrogens is 653 g/mol. The van der Waals surface area contributed by atoms with Crippen molar-refractivity contribution in [3.05, 3.63) is 158 Å². The molecule has 52 heavy (non-hydrogen) atoms. The Morgan fingerprint density at radius 1 is 0.385 bits per heavy atom. The van der Waals surface area contributed by atoms with Crippen molar-refractivity contribution in [1.82, 2.24) is 19.5 Å². The van der Waals surface area contributed by atoms with Crippen molar-refractivity contribution in [2.45, 2.75) is 9.79 Å². The second-order valence-corrected chi connectivity index (χ2v) is 17.7. The number of para-hydroxylation sites is 1. The summed E-state index contributed by atoms with van der Waals surface area (Å²) in [5.41, 5.74) is 13.6. The van der Waals surface area contributed by atoms with Crippen molar-refractivity contribution >= 4 is 31.8 Å². The molecule has 2 aliphatic rings. The van der Waals surface area contributed by atoms with Crippen molar-refractivity contribution in [2.75, 3.05) is 12.5 Å². The lowest BCUT2D eigenvalue weighted by molar-refractivity contribution is 1.07. The van der Waals surface area contributed by atoms with Crippen LogP contribution in [0, 0.1) is 0 Å². The van der Waals surface area contributed by atoms with Crippen LogP contribution in [0.5, 0.6) is 0 Å². The highest BCUT2D eigenvalue weighted by atomic mass is 32.3. The average molecular weight is 685 g/mol. The SMILES string of the molecule is CS1(C)c2ccc3cc2-c2cc4c(cc21)c1ccccc1n4-c1cccc(c1)-c1cccc(c1)-c1nc(-c2ccc(-c4ccccc4)cc2)nc-3n1. The molecule has 0 unspecified atom stereocenters. The molecule has 10 bridgehead atoms. The lowest BCUT2D eigenvalue weighted by Crippen LogP contribution is -2.01. The van der Waals surface area contributed by atoms with Gasteiger partial charge < -0.3 is 4.57 Å². The molecule has 7 aromatic carbocycles. The van der Waals surface area contributed by atoms with Gasteiger partial charge >= 0.3 is 0 Å². The van der Waals surface area contributed by atoms with Gasteiger partial charge in [0.1, 0.15) is 0 Å². The molecule has 2 aromatic heterocycles. The van der Waals surface area contributed by atoms with Crippen LogP contribution >= 0.6 is 10.0 Å². The number of aromatic nitrogens is 4. The maximum Gasteiger partial charge on any atom is 0.164 e. The molecule has 0 amide bonds. The van der Waals surface area contributed by atoms with E-state index < -0.39 is 10.0 Å². The van der Waals surface area contributed by atoms with Gasteiger partial charge in [0.15, 0.2) is 17.5 Å². The Kier molecular flexibility index (Phi) is 6.14. The van der Waals surface area contributed by atoms with Crippen molar-refractivity contribution in [3.63, 3.8) is 0 Å². The van der Waals surface area contributed by atoms with Crippen molar-refractivity contribution < 1.29 is 0 Å². The maximum absolute atomic E-state index is 5.19. The molecule has 4 nitrogen and oxygen atoms in total. The van der Waals surface area contributed by atoms with Crippen LogP contribution in [0.15, 0.2) is 168 Å². The van der Waals surface area contributed by atoms with Crippen LogP contribution in [0.4, 0.5) is 0 Å². The zero-order valence-electron chi connectivity index (χ0n) is 28.7. The zero-order valence-corrected chi connectivity index (χ0v) is 29.5. The molecule has 4 heterocycles. The van der Waals surface area contributed by atoms with Crippen LogP contribution in [-0.4, -0.2) is 32.0 Å². The molecular formula is C47H32N4S. The quantitative estimate of drug-likeness (QED) is 0.182. The largest absolute Gasteiger partial charge is 0.309 e. The third kappa shape index (κ3) is 4.33. The molecule has 2 aliphatic heterocycles. The molecule has 0 fully saturated rings. The molecule has 11 rings (SSSR count). The second-order valence-electron chi connectivity index (χ2n) is 14.1. The summed E-state index contributed by atoms with van der Waals surface area (Å²) in [5, 5.41) is 2.57. The Bertz CT molecular complexity index is 2920. The molecule has 0 radical (unpaired) electrons. The van der Waals surface area contributed by atoms with Gasteiger partial charge in [-0.05, 0) is 94.4 Å². The van der Waals surface area contributed by atoms with E-state index in [2.05, 4.69) is 169 Å². The first-order valence-electron chi connectivity index (χ1n) is 17.6. The molecule has 0 saturated carbocycles. The van der Waals surface area contributed by atoms with Gasteiger partial charge in [0.25, 0.3) is 0 Å². The van der Waals surface area contributed by atoms with Gasteiger partial charge in [-0.25, -0.2) is 15.0 Å². The Labute approximate surface area is 303 Å². The van der Waals surface area contributed by atoms with E-state index in [0.717, 1.165) is 39.1 Å². The summed E-state index contributed by atoms with van der Waals surface area (Å²) in [5.74, 6) is 1.99. The first kappa shape index (κ1) is 29.4. The Balaban J connectivity index is 1.20. The molecule has 5 heteroatoms. The lowest BCUT2D eigenvalue weighted by Gasteiger charge is -2.28. The van der Waals surface area contributed by atoms with Crippen molar-refractivity contribution in [3.8, 4) is 73.2 Å². The number of fused-ring (bicyclic) bond motifs is 14. The van der Waals surface area contributed by atoms with E-state index in [0.29, 0.717) is 17.5 Å². The first-order chi connectivity index (χ1) is 25.5. The minimum atomic E-state index is -1.27. The fourth-order valence-corrected chi connectivity index (χ4v) is 10.7. The number of benzene rings is 7. The number of hydrogen-bond donors (Lipinski definition) is 0. The monoisotopic (exact) mass is 684 g/mol. The highest BCUT2D eigenvalue weighted by Gasteiger charge is 2.34. The fourth-order valence-electron chi connectivity index (χ4n) is 8.22. The van der Waals surface area contributed by atoms with E-state index in [1.807, 2.05) is 6.07 Å². The molecule has 0 N–H and O–H groups in total. The summed E-state index contributed by atoms with van der Waals surface area (Å²) in [6.07, 6.45) is 4.86. The van der Waals surface area contributed by atoms with E-state index in [1.165, 1.54) is 48.3 Å². The summed E-state index contributed by atoms with van der Waals surface area (Å²) < 4.78 is 2.44. The molecule has 0 saturated heterocycles. The van der Waals surface area contributed by atoms with Crippen LogP contribution in [0.3, 0.4) is 0 Å². The third-order valence-electron chi connectivity index (χ3n) is 10.8. The minimum Gasteiger partial charge on any atom is -0.309 e. The summed E-state index contributed by atoms with van der Waals surface area (Å²) in [7, 11) is -1.27. The minimum absolute atomic E-state index is 0.657. The topological polar surface area (TPSA) is 43.6 Å². The van der Waals surface area contributed by atoms with Gasteiger partial charge in [-0.15, -0.1) is 0 Å². The van der Waals surface area contributed by atoms with Crippen LogP contribution < -0.4 is 0 Å². The van der Waals surface area contributed by atoms with E-state index in [1.54, 1.807) is 0 Å². The molecule has 0 aliphatic carbocycles. The van der Waals surface area contributed by atoms with Gasteiger partial charge in [-0.3, -0.25) is 0 Å². The van der Waals surface area contributed by atoms with Crippen molar-refractivity contribution in [2.24, 2.45) is 0 Å². The summed E-state index contributed by atoms with van der Waals surface area (Å²) >= 11 is 0. The summed E-state index contributed by atoms with van der Waals surface area (Å²) in [4.78, 5) is 18.3. The summed E-state index contributed by atoms with van der Waals surface area (Å²) in [6.45, 7) is 0. The van der Waals surface area contributed by atoms with Crippen LogP contribution in [0.1, 0.15) is 0 Å². The van der Waals surface area contributed by atoms with E-state index >= 15 is 0 Å². The van der Waals surface area contributed by atoms with E-state index in [-0.39, 0.29) is 0 Å². The Hall–Kier alpha value is -6.30. The maximum atomic E-state index is 5.19. The number of nitrogens with zero attached hydrogens (tertiary/aromatic N) is 4. The predicted octanol–water partition coefficient (Wildman–Crippen LogP) is 12.1. The van der Waals surface area contributed by atoms with E-state index in [4.69, 9.17) is 15.0 Å². The number of rotatable bonds is 2. The van der Waals surface area contributed by atoms with Crippen molar-refractivity contribution in [1.29, 1.82) is 0 Å². The first-order valence-corrected chi connectivity index (χ1v) is 20.0. The standard InChI is InChI=1S/C47H32N4S/c1-52(2)43-23-22-35-26-39(43)40-27-42-38(28-44(40)52)37-16-6-7-17-41(37)51(42)36-15-9-13-33(25-36)32-12-8-14-34(24-32)46-48-45(49-47(35)50-46)31-20-18-30(19-21-31)29-10-4-3-5-11-29/h3-28H,1-2H3. The van der Waals surface area contributed by atoms with Crippen LogP contribution in [-0.2, 0) is 0 Å². The van der Waals surface area contributed by atoms with Gasteiger partial charge in [-0.2, -0.15) is 10.0 Å². The predicted molar refractivity (Wildman–Crippen MR) is 216 cm³/mol. The zero-order chi connectivity index (χ0) is 34.6.